The molecule has 1 aromatic rings. The Kier molecular flexibility index (Phi) is 10.8. The van der Waals surface area contributed by atoms with Gasteiger partial charge in [-0.2, -0.15) is 0 Å². The number of para-hydroxylation sites is 1. The van der Waals surface area contributed by atoms with Gasteiger partial charge >= 0.3 is 17.9 Å². The Balaban J connectivity index is 2.54. The van der Waals surface area contributed by atoms with Crippen molar-refractivity contribution in [2.75, 3.05) is 5.32 Å². The van der Waals surface area contributed by atoms with E-state index in [4.69, 9.17) is 14.2 Å². The lowest BCUT2D eigenvalue weighted by Gasteiger charge is -2.33. The molecule has 3 N–H and O–H groups in total. The Labute approximate surface area is 233 Å². The van der Waals surface area contributed by atoms with Gasteiger partial charge in [0, 0.05) is 5.92 Å². The van der Waals surface area contributed by atoms with Gasteiger partial charge in [0.05, 0.1) is 11.3 Å². The van der Waals surface area contributed by atoms with E-state index in [2.05, 4.69) is 10.6 Å². The van der Waals surface area contributed by atoms with Crippen molar-refractivity contribution < 1.29 is 48.1 Å². The molecule has 2 amide bonds. The van der Waals surface area contributed by atoms with Gasteiger partial charge in [-0.1, -0.05) is 33.8 Å². The molecule has 1 saturated heterocycles. The van der Waals surface area contributed by atoms with Crippen LogP contribution in [-0.4, -0.2) is 65.5 Å². The first kappa shape index (κ1) is 32.3. The summed E-state index contributed by atoms with van der Waals surface area (Å²) in [5.74, 6) is -5.83. The Bertz CT molecular complexity index is 1150. The van der Waals surface area contributed by atoms with Gasteiger partial charge in [-0.3, -0.25) is 19.2 Å². The molecule has 0 saturated carbocycles. The number of aromatic hydroxyl groups is 1. The number of anilines is 1. The third kappa shape index (κ3) is 7.36. The van der Waals surface area contributed by atoms with Crippen LogP contribution >= 0.6 is 0 Å². The summed E-state index contributed by atoms with van der Waals surface area (Å²) in [6.45, 7) is 11.1. The number of hydrogen-bond acceptors (Lipinski definition) is 10. The molecule has 0 radical (unpaired) electrons. The van der Waals surface area contributed by atoms with Crippen molar-refractivity contribution in [1.29, 1.82) is 0 Å². The van der Waals surface area contributed by atoms with Crippen molar-refractivity contribution in [3.63, 3.8) is 0 Å². The maximum absolute atomic E-state index is 13.4. The number of carbonyl (C=O) groups is 6. The molecule has 1 aliphatic rings. The molecule has 0 aliphatic carbocycles. The number of amides is 2. The van der Waals surface area contributed by atoms with Gasteiger partial charge in [0.2, 0.25) is 12.5 Å². The maximum atomic E-state index is 13.4. The number of carbonyl (C=O) groups excluding carboxylic acids is 6. The van der Waals surface area contributed by atoms with E-state index in [0.29, 0.717) is 12.8 Å². The van der Waals surface area contributed by atoms with Crippen LogP contribution in [0.15, 0.2) is 18.2 Å². The van der Waals surface area contributed by atoms with Gasteiger partial charge in [0.1, 0.15) is 11.5 Å². The van der Waals surface area contributed by atoms with Crippen LogP contribution in [0.3, 0.4) is 0 Å². The van der Waals surface area contributed by atoms with E-state index in [-0.39, 0.29) is 23.6 Å². The molecule has 1 fully saturated rings. The number of esters is 3. The summed E-state index contributed by atoms with van der Waals surface area (Å²) < 4.78 is 16.6. The lowest BCUT2D eigenvalue weighted by Crippen LogP contribution is -2.54. The smallest absolute Gasteiger partial charge is 0.348 e. The number of Topliss-reactive ketones (excluding diaryl/α,β-unsaturated/α-hetero) is 1. The van der Waals surface area contributed by atoms with Gasteiger partial charge in [-0.05, 0) is 51.7 Å². The van der Waals surface area contributed by atoms with Crippen LogP contribution in [-0.2, 0) is 38.2 Å². The normalized spacial score (nSPS) is 24.5. The first-order valence-corrected chi connectivity index (χ1v) is 13.1. The summed E-state index contributed by atoms with van der Waals surface area (Å²) in [6, 6.07) is 2.34. The Morgan fingerprint density at radius 2 is 1.73 bits per heavy atom. The van der Waals surface area contributed by atoms with E-state index < -0.39 is 71.0 Å². The first-order chi connectivity index (χ1) is 18.6. The Morgan fingerprint density at radius 1 is 1.07 bits per heavy atom. The summed E-state index contributed by atoms with van der Waals surface area (Å²) in [5.41, 5.74) is -2.11. The van der Waals surface area contributed by atoms with Gasteiger partial charge in [0.25, 0.3) is 5.91 Å². The van der Waals surface area contributed by atoms with Crippen molar-refractivity contribution in [2.45, 2.75) is 85.7 Å². The molecule has 12 nitrogen and oxygen atoms in total. The second kappa shape index (κ2) is 13.4. The first-order valence-electron chi connectivity index (χ1n) is 13.1. The average molecular weight is 563 g/mol. The highest BCUT2D eigenvalue weighted by Crippen LogP contribution is 2.29. The topological polar surface area (TPSA) is 174 Å². The van der Waals surface area contributed by atoms with Crippen LogP contribution in [0.4, 0.5) is 5.69 Å². The minimum absolute atomic E-state index is 0.0563. The van der Waals surface area contributed by atoms with Crippen LogP contribution in [0.2, 0.25) is 0 Å². The van der Waals surface area contributed by atoms with Gasteiger partial charge in [-0.15, -0.1) is 0 Å². The molecular weight excluding hydrogens is 524 g/mol. The molecule has 0 spiro atoms. The minimum Gasteiger partial charge on any atom is -0.505 e. The van der Waals surface area contributed by atoms with E-state index in [1.807, 2.05) is 13.8 Å². The zero-order valence-corrected chi connectivity index (χ0v) is 23.8. The number of cyclic esters (lactones) is 3. The third-order valence-corrected chi connectivity index (χ3v) is 6.80. The summed E-state index contributed by atoms with van der Waals surface area (Å²) in [6.07, 6.45) is -3.19. The second-order valence-electron chi connectivity index (χ2n) is 10.8. The standard InChI is InChI=1S/C28H38N2O10/c1-8-15(4)22-26(36)39-19(12-14(2)3)23(33)28(6,7)27(37)38-16(5)20(25(35)40-22)30-24(34)17-10-9-11-18(21(17)32)29-13-31/h9-11,13-16,19-20,22,32H,8,12H2,1-7H3,(H,29,31)(H,30,34)/t15-,16+,19-,20-,22+/m0/s1. The van der Waals surface area contributed by atoms with Crippen LogP contribution in [0, 0.1) is 17.3 Å². The van der Waals surface area contributed by atoms with E-state index in [0.717, 1.165) is 0 Å². The van der Waals surface area contributed by atoms with Gasteiger partial charge in [0.15, 0.2) is 23.7 Å². The van der Waals surface area contributed by atoms with E-state index in [1.165, 1.54) is 39.0 Å². The number of phenols is 1. The largest absolute Gasteiger partial charge is 0.505 e. The Hall–Kier alpha value is -3.96. The fourth-order valence-corrected chi connectivity index (χ4v) is 4.03. The monoisotopic (exact) mass is 562 g/mol. The number of nitrogens with one attached hydrogen (secondary N) is 2. The maximum Gasteiger partial charge on any atom is 0.348 e. The molecule has 0 bridgehead atoms. The van der Waals surface area contributed by atoms with Crippen molar-refractivity contribution in [3.05, 3.63) is 23.8 Å². The molecule has 220 valence electrons. The molecule has 12 heteroatoms. The highest BCUT2D eigenvalue weighted by Gasteiger charge is 2.47. The fraction of sp³-hybridized carbons (Fsp3) is 0.571. The molecule has 1 aliphatic heterocycles. The predicted octanol–water partition coefficient (Wildman–Crippen LogP) is 2.52. The summed E-state index contributed by atoms with van der Waals surface area (Å²) in [5, 5.41) is 15.1. The fourth-order valence-electron chi connectivity index (χ4n) is 4.03. The SMILES string of the molecule is CC[C@H](C)[C@H]1OC(=O)[C@@H](NC(=O)c2cccc(NC=O)c2O)[C@@H](C)OC(=O)C(C)(C)C(=O)[C@H](CC(C)C)OC1=O. The van der Waals surface area contributed by atoms with Crippen molar-refractivity contribution >= 4 is 41.7 Å². The molecule has 0 unspecified atom stereocenters. The van der Waals surface area contributed by atoms with Crippen molar-refractivity contribution in [3.8, 4) is 5.75 Å². The zero-order valence-electron chi connectivity index (χ0n) is 23.8. The number of ether oxygens (including phenoxy) is 3. The number of hydrogen-bond donors (Lipinski definition) is 3. The number of benzene rings is 1. The molecule has 2 rings (SSSR count). The van der Waals surface area contributed by atoms with E-state index in [1.54, 1.807) is 13.8 Å². The molecule has 40 heavy (non-hydrogen) atoms. The van der Waals surface area contributed by atoms with Crippen LogP contribution in [0.1, 0.15) is 71.7 Å². The van der Waals surface area contributed by atoms with Gasteiger partial charge < -0.3 is 30.0 Å². The van der Waals surface area contributed by atoms with Crippen LogP contribution in [0.25, 0.3) is 0 Å². The summed E-state index contributed by atoms with van der Waals surface area (Å²) in [7, 11) is 0. The second-order valence-corrected chi connectivity index (χ2v) is 10.8. The predicted molar refractivity (Wildman–Crippen MR) is 142 cm³/mol. The molecular formula is C28H38N2O10. The minimum atomic E-state index is -1.76. The number of ketones is 1. The summed E-state index contributed by atoms with van der Waals surface area (Å²) >= 11 is 0. The average Bonchev–Trinajstić information content (AvgIpc) is 2.88. The van der Waals surface area contributed by atoms with E-state index >= 15 is 0 Å². The van der Waals surface area contributed by atoms with Crippen molar-refractivity contribution in [2.24, 2.45) is 17.3 Å². The molecule has 1 heterocycles. The lowest BCUT2D eigenvalue weighted by atomic mass is 9.82. The summed E-state index contributed by atoms with van der Waals surface area (Å²) in [4.78, 5) is 77.2. The highest BCUT2D eigenvalue weighted by molar-refractivity contribution is 6.06. The quantitative estimate of drug-likeness (QED) is 0.140. The van der Waals surface area contributed by atoms with Crippen LogP contribution in [0.5, 0.6) is 5.75 Å². The van der Waals surface area contributed by atoms with E-state index in [9.17, 15) is 33.9 Å². The third-order valence-electron chi connectivity index (χ3n) is 6.80. The molecule has 1 aromatic carbocycles. The van der Waals surface area contributed by atoms with Crippen molar-refractivity contribution in [1.82, 2.24) is 5.32 Å². The zero-order chi connectivity index (χ0) is 30.4. The Morgan fingerprint density at radius 3 is 2.30 bits per heavy atom. The lowest BCUT2D eigenvalue weighted by molar-refractivity contribution is -0.186. The molecule has 0 aromatic heterocycles. The van der Waals surface area contributed by atoms with Gasteiger partial charge in [-0.25, -0.2) is 9.59 Å². The van der Waals surface area contributed by atoms with Crippen LogP contribution < -0.4 is 10.6 Å². The highest BCUT2D eigenvalue weighted by atomic mass is 16.6. The molecule has 5 atom stereocenters. The number of rotatable bonds is 8. The number of phenolic OH excluding ortho intramolecular Hbond substituents is 1.